The van der Waals surface area contributed by atoms with E-state index in [1.165, 1.54) is 10.9 Å². The summed E-state index contributed by atoms with van der Waals surface area (Å²) >= 11 is 5.70. The first-order valence-corrected chi connectivity index (χ1v) is 4.16. The molecule has 0 spiro atoms. The van der Waals surface area contributed by atoms with Crippen molar-refractivity contribution in [2.75, 3.05) is 0 Å². The van der Waals surface area contributed by atoms with Crippen LogP contribution >= 0.6 is 11.6 Å². The summed E-state index contributed by atoms with van der Waals surface area (Å²) in [6.07, 6.45) is -0.0539. The molecule has 14 heavy (non-hydrogen) atoms. The zero-order valence-corrected chi connectivity index (χ0v) is 8.14. The lowest BCUT2D eigenvalue weighted by Crippen LogP contribution is -2.37. The molecule has 0 aliphatic carbocycles. The highest BCUT2D eigenvalue weighted by Crippen LogP contribution is 2.23. The van der Waals surface area contributed by atoms with Crippen LogP contribution in [0, 0.1) is 0 Å². The number of halogens is 1. The van der Waals surface area contributed by atoms with E-state index in [0.29, 0.717) is 0 Å². The lowest BCUT2D eigenvalue weighted by atomic mass is 10.1. The maximum Gasteiger partial charge on any atom is 0.323 e. The van der Waals surface area contributed by atoms with Crippen LogP contribution in [0.3, 0.4) is 0 Å². The Hall–Kier alpha value is -1.11. The summed E-state index contributed by atoms with van der Waals surface area (Å²) in [5, 5.41) is 22.1. The number of aliphatic carboxylic acids is 1. The predicted octanol–water partition coefficient (Wildman–Crippen LogP) is -0.481. The monoisotopic (exact) mass is 219 g/mol. The number of carbonyl (C=O) groups is 1. The van der Waals surface area contributed by atoms with E-state index in [1.807, 2.05) is 0 Å². The summed E-state index contributed by atoms with van der Waals surface area (Å²) in [7, 11) is 1.54. The van der Waals surface area contributed by atoms with Crippen molar-refractivity contribution in [1.29, 1.82) is 0 Å². The van der Waals surface area contributed by atoms with Gasteiger partial charge < -0.3 is 15.9 Å². The molecule has 4 N–H and O–H groups in total. The van der Waals surface area contributed by atoms with Crippen LogP contribution < -0.4 is 5.73 Å². The molecular formula is C7H10ClN3O3. The molecule has 1 aromatic heterocycles. The molecule has 0 aliphatic heterocycles. The SMILES string of the molecule is Cn1ncc(Cl)c1C(O)C(N)C(=O)O. The Morgan fingerprint density at radius 2 is 2.36 bits per heavy atom. The molecule has 0 amide bonds. The van der Waals surface area contributed by atoms with E-state index in [0.717, 1.165) is 0 Å². The van der Waals surface area contributed by atoms with Gasteiger partial charge in [0.2, 0.25) is 0 Å². The van der Waals surface area contributed by atoms with Crippen molar-refractivity contribution in [3.8, 4) is 0 Å². The summed E-state index contributed by atoms with van der Waals surface area (Å²) in [5.41, 5.74) is 5.44. The third-order valence-corrected chi connectivity index (χ3v) is 2.13. The smallest absolute Gasteiger partial charge is 0.323 e. The molecule has 0 radical (unpaired) electrons. The normalized spacial score (nSPS) is 15.1. The van der Waals surface area contributed by atoms with Crippen LogP contribution in [0.2, 0.25) is 5.02 Å². The number of aliphatic hydroxyl groups is 1. The third kappa shape index (κ3) is 1.87. The topological polar surface area (TPSA) is 101 Å². The van der Waals surface area contributed by atoms with Crippen molar-refractivity contribution in [1.82, 2.24) is 9.78 Å². The van der Waals surface area contributed by atoms with Crippen molar-refractivity contribution >= 4 is 17.6 Å². The van der Waals surface area contributed by atoms with Gasteiger partial charge in [-0.25, -0.2) is 0 Å². The molecule has 6 nitrogen and oxygen atoms in total. The molecule has 1 heterocycles. The summed E-state index contributed by atoms with van der Waals surface area (Å²) in [6.45, 7) is 0. The number of hydrogen-bond donors (Lipinski definition) is 3. The zero-order valence-electron chi connectivity index (χ0n) is 7.38. The van der Waals surface area contributed by atoms with Gasteiger partial charge in [-0.3, -0.25) is 9.48 Å². The Bertz CT molecular complexity index is 332. The van der Waals surface area contributed by atoms with Gasteiger partial charge in [0, 0.05) is 7.05 Å². The first-order valence-electron chi connectivity index (χ1n) is 3.79. The van der Waals surface area contributed by atoms with Gasteiger partial charge >= 0.3 is 5.97 Å². The maximum absolute atomic E-state index is 10.5. The fraction of sp³-hybridized carbons (Fsp3) is 0.429. The van der Waals surface area contributed by atoms with Gasteiger partial charge in [-0.1, -0.05) is 11.6 Å². The Kier molecular flexibility index (Phi) is 3.10. The second kappa shape index (κ2) is 3.95. The second-order valence-electron chi connectivity index (χ2n) is 2.81. The zero-order chi connectivity index (χ0) is 10.9. The minimum atomic E-state index is -1.41. The van der Waals surface area contributed by atoms with Crippen molar-refractivity contribution in [2.45, 2.75) is 12.1 Å². The van der Waals surface area contributed by atoms with E-state index in [9.17, 15) is 9.90 Å². The van der Waals surface area contributed by atoms with E-state index < -0.39 is 18.1 Å². The number of rotatable bonds is 3. The molecule has 1 aromatic rings. The Balaban J connectivity index is 2.99. The Morgan fingerprint density at radius 3 is 2.71 bits per heavy atom. The predicted molar refractivity (Wildman–Crippen MR) is 48.8 cm³/mol. The van der Waals surface area contributed by atoms with E-state index in [2.05, 4.69) is 5.10 Å². The lowest BCUT2D eigenvalue weighted by molar-refractivity contribution is -0.141. The van der Waals surface area contributed by atoms with Crippen LogP contribution in [0.25, 0.3) is 0 Å². The fourth-order valence-electron chi connectivity index (χ4n) is 1.06. The number of aryl methyl sites for hydroxylation is 1. The van der Waals surface area contributed by atoms with Crippen LogP contribution in [-0.4, -0.2) is 32.0 Å². The summed E-state index contributed by atoms with van der Waals surface area (Å²) in [5.74, 6) is -1.30. The Morgan fingerprint density at radius 1 is 1.79 bits per heavy atom. The number of nitrogens with two attached hydrogens (primary N) is 1. The van der Waals surface area contributed by atoms with Crippen LogP contribution in [0.4, 0.5) is 0 Å². The van der Waals surface area contributed by atoms with Crippen LogP contribution in [-0.2, 0) is 11.8 Å². The number of hydrogen-bond acceptors (Lipinski definition) is 4. The molecule has 0 saturated carbocycles. The first kappa shape index (κ1) is 11.0. The highest BCUT2D eigenvalue weighted by molar-refractivity contribution is 6.31. The molecular weight excluding hydrogens is 210 g/mol. The number of nitrogens with zero attached hydrogens (tertiary/aromatic N) is 2. The molecule has 2 atom stereocenters. The van der Waals surface area contributed by atoms with Gasteiger partial charge in [0.1, 0.15) is 12.1 Å². The second-order valence-corrected chi connectivity index (χ2v) is 3.22. The van der Waals surface area contributed by atoms with Gasteiger partial charge in [0.05, 0.1) is 16.9 Å². The maximum atomic E-state index is 10.5. The van der Waals surface area contributed by atoms with E-state index in [1.54, 1.807) is 7.05 Å². The minimum Gasteiger partial charge on any atom is -0.480 e. The van der Waals surface area contributed by atoms with Gasteiger partial charge in [-0.15, -0.1) is 0 Å². The molecule has 0 bridgehead atoms. The molecule has 1 rings (SSSR count). The molecule has 0 fully saturated rings. The average molecular weight is 220 g/mol. The number of carboxylic acid groups (broad SMARTS) is 1. The number of aromatic nitrogens is 2. The van der Waals surface area contributed by atoms with Crippen molar-refractivity contribution in [2.24, 2.45) is 12.8 Å². The third-order valence-electron chi connectivity index (χ3n) is 1.84. The molecule has 0 aromatic carbocycles. The van der Waals surface area contributed by atoms with Crippen molar-refractivity contribution in [3.63, 3.8) is 0 Å². The van der Waals surface area contributed by atoms with Gasteiger partial charge in [0.15, 0.2) is 0 Å². The highest BCUT2D eigenvalue weighted by atomic mass is 35.5. The standard InChI is InChI=1S/C7H10ClN3O3/c1-11-5(3(8)2-10-11)6(12)4(9)7(13)14/h2,4,6,12H,9H2,1H3,(H,13,14). The average Bonchev–Trinajstić information content (AvgIpc) is 2.44. The van der Waals surface area contributed by atoms with Crippen LogP contribution in [0.5, 0.6) is 0 Å². The number of aliphatic hydroxyl groups excluding tert-OH is 1. The quantitative estimate of drug-likeness (QED) is 0.637. The molecule has 0 aliphatic rings. The fourth-order valence-corrected chi connectivity index (χ4v) is 1.34. The summed E-state index contributed by atoms with van der Waals surface area (Å²) in [6, 6.07) is -1.41. The van der Waals surface area contributed by atoms with Crippen molar-refractivity contribution in [3.05, 3.63) is 16.9 Å². The molecule has 7 heteroatoms. The number of carboxylic acids is 1. The largest absolute Gasteiger partial charge is 0.480 e. The Labute approximate surface area is 84.9 Å². The molecule has 78 valence electrons. The van der Waals surface area contributed by atoms with Crippen LogP contribution in [0.1, 0.15) is 11.8 Å². The van der Waals surface area contributed by atoms with E-state index in [4.69, 9.17) is 22.4 Å². The van der Waals surface area contributed by atoms with E-state index in [-0.39, 0.29) is 10.7 Å². The van der Waals surface area contributed by atoms with Gasteiger partial charge in [-0.2, -0.15) is 5.10 Å². The van der Waals surface area contributed by atoms with Gasteiger partial charge in [0.25, 0.3) is 0 Å². The highest BCUT2D eigenvalue weighted by Gasteiger charge is 2.27. The molecule has 0 saturated heterocycles. The van der Waals surface area contributed by atoms with Gasteiger partial charge in [-0.05, 0) is 0 Å². The lowest BCUT2D eigenvalue weighted by Gasteiger charge is -2.15. The van der Waals surface area contributed by atoms with E-state index >= 15 is 0 Å². The minimum absolute atomic E-state index is 0.191. The van der Waals surface area contributed by atoms with Crippen molar-refractivity contribution < 1.29 is 15.0 Å². The molecule has 2 unspecified atom stereocenters. The first-order chi connectivity index (χ1) is 6.45. The summed E-state index contributed by atoms with van der Waals surface area (Å²) in [4.78, 5) is 10.5. The summed E-state index contributed by atoms with van der Waals surface area (Å²) < 4.78 is 1.29. The van der Waals surface area contributed by atoms with Crippen LogP contribution in [0.15, 0.2) is 6.20 Å².